The molecule has 0 fully saturated rings. The van der Waals surface area contributed by atoms with Crippen molar-refractivity contribution in [3.63, 3.8) is 0 Å². The first-order valence-corrected chi connectivity index (χ1v) is 5.44. The molecule has 5 N–H and O–H groups in total. The number of benzene rings is 1. The van der Waals surface area contributed by atoms with Crippen molar-refractivity contribution in [1.29, 1.82) is 0 Å². The van der Waals surface area contributed by atoms with E-state index in [9.17, 15) is 0 Å². The standard InChI is InChI=1S/C11H18BNO2/c13-11(8-4-5-9-12(14)15)10-6-2-1-3-7-10/h1-3,6-7,11,14-15H,4-5,8-9,13H2/p+1. The molecule has 3 nitrogen and oxygen atoms in total. The Morgan fingerprint density at radius 2 is 1.80 bits per heavy atom. The Hall–Kier alpha value is -0.835. The predicted octanol–water partition coefficient (Wildman–Crippen LogP) is 0.613. The Bertz CT molecular complexity index is 267. The summed E-state index contributed by atoms with van der Waals surface area (Å²) in [5.41, 5.74) is 5.35. The predicted molar refractivity (Wildman–Crippen MR) is 60.9 cm³/mol. The monoisotopic (exact) mass is 208 g/mol. The fraction of sp³-hybridized carbons (Fsp3) is 0.455. The lowest BCUT2D eigenvalue weighted by molar-refractivity contribution is -0.428. The van der Waals surface area contributed by atoms with Crippen LogP contribution in [-0.2, 0) is 0 Å². The van der Waals surface area contributed by atoms with Gasteiger partial charge in [0.05, 0.1) is 0 Å². The highest BCUT2D eigenvalue weighted by atomic mass is 16.4. The molecule has 0 radical (unpaired) electrons. The third-order valence-corrected chi connectivity index (χ3v) is 2.54. The molecule has 0 heterocycles. The zero-order chi connectivity index (χ0) is 11.1. The Balaban J connectivity index is 2.22. The van der Waals surface area contributed by atoms with Gasteiger partial charge in [0, 0.05) is 12.0 Å². The van der Waals surface area contributed by atoms with Crippen LogP contribution in [0.3, 0.4) is 0 Å². The second kappa shape index (κ2) is 6.61. The van der Waals surface area contributed by atoms with Crippen LogP contribution >= 0.6 is 0 Å². The third kappa shape index (κ3) is 4.97. The molecule has 1 aromatic rings. The largest absolute Gasteiger partial charge is 0.451 e. The van der Waals surface area contributed by atoms with Crippen LogP contribution in [0.2, 0.25) is 6.32 Å². The molecule has 1 unspecified atom stereocenters. The molecule has 0 aliphatic carbocycles. The van der Waals surface area contributed by atoms with Crippen molar-refractivity contribution in [2.75, 3.05) is 0 Å². The van der Waals surface area contributed by atoms with Crippen molar-refractivity contribution in [1.82, 2.24) is 0 Å². The van der Waals surface area contributed by atoms with E-state index in [0.29, 0.717) is 12.4 Å². The highest BCUT2D eigenvalue weighted by Gasteiger charge is 2.10. The van der Waals surface area contributed by atoms with Crippen molar-refractivity contribution in [2.24, 2.45) is 0 Å². The van der Waals surface area contributed by atoms with E-state index >= 15 is 0 Å². The number of hydrogen-bond donors (Lipinski definition) is 3. The van der Waals surface area contributed by atoms with Crippen LogP contribution in [0.4, 0.5) is 0 Å². The average Bonchev–Trinajstić information content (AvgIpc) is 2.25. The maximum atomic E-state index is 8.67. The molecule has 0 spiro atoms. The number of quaternary nitrogens is 1. The molecule has 4 heteroatoms. The van der Waals surface area contributed by atoms with Gasteiger partial charge in [0.15, 0.2) is 0 Å². The molecule has 0 aliphatic rings. The van der Waals surface area contributed by atoms with Crippen LogP contribution in [0.1, 0.15) is 30.9 Å². The van der Waals surface area contributed by atoms with Crippen molar-refractivity contribution < 1.29 is 15.8 Å². The van der Waals surface area contributed by atoms with Gasteiger partial charge in [0.1, 0.15) is 6.04 Å². The fourth-order valence-electron chi connectivity index (χ4n) is 1.61. The first-order valence-electron chi connectivity index (χ1n) is 5.44. The third-order valence-electron chi connectivity index (χ3n) is 2.54. The summed E-state index contributed by atoms with van der Waals surface area (Å²) in [7, 11) is -1.16. The SMILES string of the molecule is [NH3+]C(CCCCB(O)O)c1ccccc1. The highest BCUT2D eigenvalue weighted by molar-refractivity contribution is 6.40. The summed E-state index contributed by atoms with van der Waals surface area (Å²) in [5.74, 6) is 0. The number of rotatable bonds is 6. The molecule has 0 saturated heterocycles. The van der Waals surface area contributed by atoms with Crippen molar-refractivity contribution in [2.45, 2.75) is 31.6 Å². The molecular weight excluding hydrogens is 189 g/mol. The molecule has 0 aliphatic heterocycles. The van der Waals surface area contributed by atoms with Gasteiger partial charge in [-0.1, -0.05) is 36.8 Å². The van der Waals surface area contributed by atoms with E-state index in [1.54, 1.807) is 0 Å². The van der Waals surface area contributed by atoms with Gasteiger partial charge in [-0.05, 0) is 12.7 Å². The zero-order valence-corrected chi connectivity index (χ0v) is 8.97. The molecule has 15 heavy (non-hydrogen) atoms. The van der Waals surface area contributed by atoms with E-state index in [1.807, 2.05) is 18.2 Å². The average molecular weight is 208 g/mol. The van der Waals surface area contributed by atoms with Gasteiger partial charge in [-0.2, -0.15) is 0 Å². The quantitative estimate of drug-likeness (QED) is 0.473. The van der Waals surface area contributed by atoms with Crippen LogP contribution in [-0.4, -0.2) is 17.2 Å². The van der Waals surface area contributed by atoms with E-state index in [2.05, 4.69) is 17.9 Å². The van der Waals surface area contributed by atoms with Crippen LogP contribution in [0.15, 0.2) is 30.3 Å². The van der Waals surface area contributed by atoms with Crippen LogP contribution in [0.5, 0.6) is 0 Å². The summed E-state index contributed by atoms with van der Waals surface area (Å²) in [6, 6.07) is 10.5. The Morgan fingerprint density at radius 3 is 2.40 bits per heavy atom. The molecule has 0 aromatic heterocycles. The number of hydrogen-bond acceptors (Lipinski definition) is 2. The van der Waals surface area contributed by atoms with E-state index in [0.717, 1.165) is 19.3 Å². The maximum absolute atomic E-state index is 8.67. The second-order valence-corrected chi connectivity index (χ2v) is 3.87. The normalized spacial score (nSPS) is 12.5. The van der Waals surface area contributed by atoms with E-state index < -0.39 is 7.12 Å². The van der Waals surface area contributed by atoms with Crippen molar-refractivity contribution in [3.8, 4) is 0 Å². The lowest BCUT2D eigenvalue weighted by Crippen LogP contribution is -2.53. The van der Waals surface area contributed by atoms with Gasteiger partial charge in [-0.25, -0.2) is 0 Å². The fourth-order valence-corrected chi connectivity index (χ4v) is 1.61. The minimum absolute atomic E-state index is 0.307. The van der Waals surface area contributed by atoms with Gasteiger partial charge in [-0.15, -0.1) is 0 Å². The molecule has 0 saturated carbocycles. The van der Waals surface area contributed by atoms with Crippen LogP contribution < -0.4 is 5.73 Å². The minimum Gasteiger partial charge on any atom is -0.427 e. The first kappa shape index (κ1) is 12.2. The summed E-state index contributed by atoms with van der Waals surface area (Å²) in [6.45, 7) is 0. The van der Waals surface area contributed by atoms with E-state index in [1.165, 1.54) is 5.56 Å². The lowest BCUT2D eigenvalue weighted by atomic mass is 9.83. The smallest absolute Gasteiger partial charge is 0.427 e. The van der Waals surface area contributed by atoms with Crippen LogP contribution in [0, 0.1) is 0 Å². The first-order chi connectivity index (χ1) is 7.20. The lowest BCUT2D eigenvalue weighted by Gasteiger charge is -2.08. The van der Waals surface area contributed by atoms with E-state index in [-0.39, 0.29) is 0 Å². The highest BCUT2D eigenvalue weighted by Crippen LogP contribution is 2.15. The van der Waals surface area contributed by atoms with E-state index in [4.69, 9.17) is 10.0 Å². The summed E-state index contributed by atoms with van der Waals surface area (Å²) < 4.78 is 0. The molecule has 1 rings (SSSR count). The van der Waals surface area contributed by atoms with Gasteiger partial charge in [0.25, 0.3) is 0 Å². The molecular formula is C11H19BNO2+. The van der Waals surface area contributed by atoms with Gasteiger partial charge in [0.2, 0.25) is 0 Å². The van der Waals surface area contributed by atoms with Crippen molar-refractivity contribution >= 4 is 7.12 Å². The molecule has 1 aromatic carbocycles. The summed E-state index contributed by atoms with van der Waals surface area (Å²) in [5, 5.41) is 17.3. The van der Waals surface area contributed by atoms with Gasteiger partial charge >= 0.3 is 7.12 Å². The molecule has 82 valence electrons. The summed E-state index contributed by atoms with van der Waals surface area (Å²) >= 11 is 0. The summed E-state index contributed by atoms with van der Waals surface area (Å²) in [6.07, 6.45) is 3.29. The molecule has 0 amide bonds. The topological polar surface area (TPSA) is 68.1 Å². The second-order valence-electron chi connectivity index (χ2n) is 3.87. The minimum atomic E-state index is -1.16. The Labute approximate surface area is 91.1 Å². The van der Waals surface area contributed by atoms with Crippen LogP contribution in [0.25, 0.3) is 0 Å². The number of unbranched alkanes of at least 4 members (excludes halogenated alkanes) is 1. The molecule has 1 atom stereocenters. The zero-order valence-electron chi connectivity index (χ0n) is 8.97. The Morgan fingerprint density at radius 1 is 1.13 bits per heavy atom. The Kier molecular flexibility index (Phi) is 5.39. The summed E-state index contributed by atoms with van der Waals surface area (Å²) in [4.78, 5) is 0. The maximum Gasteiger partial charge on any atom is 0.451 e. The van der Waals surface area contributed by atoms with Gasteiger partial charge < -0.3 is 15.8 Å². The van der Waals surface area contributed by atoms with Gasteiger partial charge in [-0.3, -0.25) is 0 Å². The van der Waals surface area contributed by atoms with Crippen molar-refractivity contribution in [3.05, 3.63) is 35.9 Å². The molecule has 0 bridgehead atoms.